The third-order valence-electron chi connectivity index (χ3n) is 11.6. The lowest BCUT2D eigenvalue weighted by Gasteiger charge is -2.19. The molecule has 0 aliphatic rings. The third kappa shape index (κ3) is 4.27. The standard InChI is InChI=1S/C51H28N4O2/c1-29-22-30(27-52)24-31(23-29)32-25-42(54-40-14-6-2-10-33(40)35-18-20-46-48(50(35)54)37-12-4-8-16-44(37)56-46)39(28-53)43(26-32)55-41-15-7-3-11-34(41)36-19-21-47-49(51(36)55)38-13-5-9-17-45(38)57-47/h2-26H,1H3. The first-order chi connectivity index (χ1) is 28.1. The van der Waals surface area contributed by atoms with Crippen LogP contribution in [0.5, 0.6) is 0 Å². The van der Waals surface area contributed by atoms with Crippen LogP contribution in [-0.4, -0.2) is 9.13 Å². The lowest BCUT2D eigenvalue weighted by atomic mass is 9.97. The van der Waals surface area contributed by atoms with Gasteiger partial charge in [-0.1, -0.05) is 78.9 Å². The predicted octanol–water partition coefficient (Wildman–Crippen LogP) is 13.4. The highest BCUT2D eigenvalue weighted by atomic mass is 16.3. The fourth-order valence-electron chi connectivity index (χ4n) is 9.29. The van der Waals surface area contributed by atoms with Gasteiger partial charge in [-0.05, 0) is 96.4 Å². The molecule has 0 aliphatic heterocycles. The van der Waals surface area contributed by atoms with Crippen molar-refractivity contribution in [3.63, 3.8) is 0 Å². The predicted molar refractivity (Wildman–Crippen MR) is 229 cm³/mol. The van der Waals surface area contributed by atoms with E-state index in [1.54, 1.807) is 0 Å². The minimum Gasteiger partial charge on any atom is -0.456 e. The largest absolute Gasteiger partial charge is 0.456 e. The molecule has 4 heterocycles. The summed E-state index contributed by atoms with van der Waals surface area (Å²) in [7, 11) is 0. The molecule has 0 atom stereocenters. The van der Waals surface area contributed by atoms with E-state index in [4.69, 9.17) is 8.83 Å². The van der Waals surface area contributed by atoms with Crippen LogP contribution in [0.15, 0.2) is 160 Å². The molecule has 6 nitrogen and oxygen atoms in total. The monoisotopic (exact) mass is 728 g/mol. The van der Waals surface area contributed by atoms with Crippen LogP contribution in [0.2, 0.25) is 0 Å². The van der Waals surface area contributed by atoms with Gasteiger partial charge in [0, 0.05) is 32.3 Å². The number of para-hydroxylation sites is 4. The van der Waals surface area contributed by atoms with E-state index in [1.165, 1.54) is 0 Å². The summed E-state index contributed by atoms with van der Waals surface area (Å²) in [5.41, 5.74) is 12.3. The van der Waals surface area contributed by atoms with Gasteiger partial charge in [-0.2, -0.15) is 10.5 Å². The number of nitrogens with zero attached hydrogens (tertiary/aromatic N) is 4. The smallest absolute Gasteiger partial charge is 0.137 e. The van der Waals surface area contributed by atoms with Gasteiger partial charge < -0.3 is 18.0 Å². The Balaban J connectivity index is 1.32. The van der Waals surface area contributed by atoms with Crippen LogP contribution in [0.3, 0.4) is 0 Å². The summed E-state index contributed by atoms with van der Waals surface area (Å²) in [4.78, 5) is 0. The van der Waals surface area contributed by atoms with Gasteiger partial charge in [0.1, 0.15) is 34.0 Å². The quantitative estimate of drug-likeness (QED) is 0.181. The van der Waals surface area contributed by atoms with Crippen molar-refractivity contribution >= 4 is 87.5 Å². The molecule has 8 aromatic carbocycles. The number of hydrogen-bond acceptors (Lipinski definition) is 4. The number of nitriles is 2. The lowest BCUT2D eigenvalue weighted by Crippen LogP contribution is -2.05. The van der Waals surface area contributed by atoms with Crippen molar-refractivity contribution in [2.45, 2.75) is 6.92 Å². The molecule has 6 heteroatoms. The number of benzene rings is 8. The van der Waals surface area contributed by atoms with Gasteiger partial charge in [0.2, 0.25) is 0 Å². The van der Waals surface area contributed by atoms with Gasteiger partial charge in [0.25, 0.3) is 0 Å². The lowest BCUT2D eigenvalue weighted by molar-refractivity contribution is 0.669. The average Bonchev–Trinajstić information content (AvgIpc) is 4.00. The second kappa shape index (κ2) is 11.5. The average molecular weight is 729 g/mol. The molecule has 0 amide bonds. The Kier molecular flexibility index (Phi) is 6.30. The van der Waals surface area contributed by atoms with E-state index < -0.39 is 0 Å². The van der Waals surface area contributed by atoms with Crippen LogP contribution in [-0.2, 0) is 0 Å². The molecule has 0 saturated carbocycles. The van der Waals surface area contributed by atoms with Crippen LogP contribution in [0.25, 0.3) is 110 Å². The highest BCUT2D eigenvalue weighted by Crippen LogP contribution is 2.46. The zero-order valence-electron chi connectivity index (χ0n) is 30.5. The van der Waals surface area contributed by atoms with Gasteiger partial charge in [-0.15, -0.1) is 0 Å². The third-order valence-corrected chi connectivity index (χ3v) is 11.6. The molecular formula is C51H28N4O2. The number of aryl methyl sites for hydroxylation is 1. The van der Waals surface area contributed by atoms with E-state index in [1.807, 2.05) is 67.6 Å². The van der Waals surface area contributed by atoms with Crippen molar-refractivity contribution in [2.24, 2.45) is 0 Å². The normalized spacial score (nSPS) is 11.9. The molecule has 0 fully saturated rings. The topological polar surface area (TPSA) is 83.7 Å². The van der Waals surface area contributed by atoms with Crippen LogP contribution < -0.4 is 0 Å². The van der Waals surface area contributed by atoms with Crippen molar-refractivity contribution in [3.05, 3.63) is 168 Å². The summed E-state index contributed by atoms with van der Waals surface area (Å²) in [5, 5.41) is 30.0. The van der Waals surface area contributed by atoms with E-state index in [9.17, 15) is 10.5 Å². The Bertz CT molecular complexity index is 3590. The second-order valence-corrected chi connectivity index (χ2v) is 14.8. The number of hydrogen-bond donors (Lipinski definition) is 0. The first kappa shape index (κ1) is 31.3. The van der Waals surface area contributed by atoms with Crippen molar-refractivity contribution in [2.75, 3.05) is 0 Å². The van der Waals surface area contributed by atoms with E-state index in [-0.39, 0.29) is 0 Å². The summed E-state index contributed by atoms with van der Waals surface area (Å²) in [6.45, 7) is 2.01. The number of furan rings is 2. The van der Waals surface area contributed by atoms with E-state index in [2.05, 4.69) is 112 Å². The molecule has 0 saturated heterocycles. The Hall–Kier alpha value is -8.06. The van der Waals surface area contributed by atoms with Gasteiger partial charge >= 0.3 is 0 Å². The van der Waals surface area contributed by atoms with Gasteiger partial charge in [0.15, 0.2) is 0 Å². The summed E-state index contributed by atoms with van der Waals surface area (Å²) in [5.74, 6) is 0. The van der Waals surface area contributed by atoms with E-state index in [0.29, 0.717) is 11.1 Å². The molecule has 57 heavy (non-hydrogen) atoms. The summed E-state index contributed by atoms with van der Waals surface area (Å²) in [6, 6.07) is 56.6. The molecule has 0 N–H and O–H groups in total. The number of fused-ring (bicyclic) bond motifs is 14. The van der Waals surface area contributed by atoms with Crippen LogP contribution in [0.4, 0.5) is 0 Å². The van der Waals surface area contributed by atoms with E-state index in [0.717, 1.165) is 116 Å². The number of aromatic nitrogens is 2. The van der Waals surface area contributed by atoms with Gasteiger partial charge in [-0.25, -0.2) is 0 Å². The van der Waals surface area contributed by atoms with Crippen LogP contribution in [0, 0.1) is 29.6 Å². The highest BCUT2D eigenvalue weighted by molar-refractivity contribution is 6.26. The van der Waals surface area contributed by atoms with Crippen LogP contribution >= 0.6 is 0 Å². The molecule has 0 bridgehead atoms. The molecule has 0 spiro atoms. The van der Waals surface area contributed by atoms with Crippen molar-refractivity contribution in [3.8, 4) is 34.6 Å². The summed E-state index contributed by atoms with van der Waals surface area (Å²) >= 11 is 0. The van der Waals surface area contributed by atoms with Gasteiger partial charge in [-0.3, -0.25) is 0 Å². The minimum atomic E-state index is 0.506. The maximum absolute atomic E-state index is 11.6. The molecule has 0 unspecified atom stereocenters. The first-order valence-electron chi connectivity index (χ1n) is 18.9. The van der Waals surface area contributed by atoms with Gasteiger partial charge in [0.05, 0.1) is 55.8 Å². The molecule has 264 valence electrons. The molecule has 0 aliphatic carbocycles. The molecular weight excluding hydrogens is 701 g/mol. The minimum absolute atomic E-state index is 0.506. The Morgan fingerprint density at radius 1 is 0.439 bits per heavy atom. The van der Waals surface area contributed by atoms with Crippen LogP contribution in [0.1, 0.15) is 16.7 Å². The van der Waals surface area contributed by atoms with E-state index >= 15 is 0 Å². The van der Waals surface area contributed by atoms with Crippen molar-refractivity contribution in [1.82, 2.24) is 9.13 Å². The first-order valence-corrected chi connectivity index (χ1v) is 18.9. The Morgan fingerprint density at radius 2 is 0.912 bits per heavy atom. The van der Waals surface area contributed by atoms with Crippen molar-refractivity contribution < 1.29 is 8.83 Å². The molecule has 12 aromatic rings. The Morgan fingerprint density at radius 3 is 1.42 bits per heavy atom. The Labute approximate surface area is 324 Å². The zero-order valence-corrected chi connectivity index (χ0v) is 30.5. The fraction of sp³-hybridized carbons (Fsp3) is 0.0196. The fourth-order valence-corrected chi connectivity index (χ4v) is 9.29. The molecule has 0 radical (unpaired) electrons. The highest BCUT2D eigenvalue weighted by Gasteiger charge is 2.26. The molecule has 4 aromatic heterocycles. The SMILES string of the molecule is Cc1cc(C#N)cc(-c2cc(-n3c4ccccc4c4ccc5oc6ccccc6c5c43)c(C#N)c(-n3c4ccccc4c4ccc5oc6ccccc6c5c43)c2)c1. The summed E-state index contributed by atoms with van der Waals surface area (Å²) < 4.78 is 17.4. The number of rotatable bonds is 3. The second-order valence-electron chi connectivity index (χ2n) is 14.8. The van der Waals surface area contributed by atoms with Crippen molar-refractivity contribution in [1.29, 1.82) is 10.5 Å². The zero-order chi connectivity index (χ0) is 37.9. The molecule has 12 rings (SSSR count). The summed E-state index contributed by atoms with van der Waals surface area (Å²) in [6.07, 6.45) is 0. The maximum Gasteiger partial charge on any atom is 0.137 e. The maximum atomic E-state index is 11.6.